The average Bonchev–Trinajstić information content (AvgIpc) is 3.56. The highest BCUT2D eigenvalue weighted by Gasteiger charge is 2.21. The summed E-state index contributed by atoms with van der Waals surface area (Å²) < 4.78 is 16.8. The van der Waals surface area contributed by atoms with E-state index in [1.807, 2.05) is 23.1 Å². The van der Waals surface area contributed by atoms with E-state index in [4.69, 9.17) is 14.2 Å². The molecule has 302 valence electrons. The number of carbonyl (C=O) groups excluding carboxylic acids is 1. The van der Waals surface area contributed by atoms with Crippen LogP contribution in [0.1, 0.15) is 25.0 Å². The number of H-pyrrole nitrogens is 1. The Morgan fingerprint density at radius 3 is 1.91 bits per heavy atom. The van der Waals surface area contributed by atoms with Gasteiger partial charge in [0.25, 0.3) is 0 Å². The lowest BCUT2D eigenvalue weighted by Gasteiger charge is -2.32. The number of hydrogen-bond acceptors (Lipinski definition) is 14. The zero-order valence-electron chi connectivity index (χ0n) is 31.4. The number of carbonyl (C=O) groups is 4. The van der Waals surface area contributed by atoms with Gasteiger partial charge < -0.3 is 39.8 Å². The lowest BCUT2D eigenvalue weighted by Crippen LogP contribution is -2.49. The van der Waals surface area contributed by atoms with E-state index in [-0.39, 0.29) is 32.1 Å². The summed E-state index contributed by atoms with van der Waals surface area (Å²) >= 11 is 1.51. The minimum absolute atomic E-state index is 0.0818. The van der Waals surface area contributed by atoms with Gasteiger partial charge in [-0.3, -0.25) is 43.8 Å². The number of methoxy groups -OCH3 is 2. The maximum Gasteiger partial charge on any atom is 0.317 e. The second-order valence-corrected chi connectivity index (χ2v) is 14.0. The molecular formula is C36H52N8O10S. The molecule has 1 aliphatic heterocycles. The average molecular weight is 789 g/mol. The van der Waals surface area contributed by atoms with Crippen molar-refractivity contribution in [3.63, 3.8) is 0 Å². The lowest BCUT2D eigenvalue weighted by atomic mass is 10.2. The standard InChI is InChI=1S/C36H52N8O10S/c1-52-30-8-10-37-29(35(30)53-2)25-55-36-39-27-7-6-26(20-28(27)40-36)54-19-5-3-4-9-38-31(45)21-41-11-13-42(22-32(46)47)15-17-44(24-34(50)51)18-16-43(14-12-41)23-33(48)49/h6-8,10,20H,3-5,9,11-19,21-25H2,1-2H3,(H,38,45)(H,39,40)(H,46,47)(H,48,49)(H,50,51). The lowest BCUT2D eigenvalue weighted by molar-refractivity contribution is -0.140. The van der Waals surface area contributed by atoms with E-state index in [2.05, 4.69) is 20.3 Å². The van der Waals surface area contributed by atoms with Crippen molar-refractivity contribution >= 4 is 46.6 Å². The Labute approximate surface area is 324 Å². The largest absolute Gasteiger partial charge is 0.494 e. The molecule has 0 radical (unpaired) electrons. The SMILES string of the molecule is COc1ccnc(CSc2nc3ccc(OCCCCCNC(=O)CN4CCN(CC(=O)O)CCN(CC(=O)O)CCN(CC(=O)O)CC4)cc3[nH]2)c1OC. The van der Waals surface area contributed by atoms with Gasteiger partial charge >= 0.3 is 17.9 Å². The summed E-state index contributed by atoms with van der Waals surface area (Å²) in [6.45, 7) is 3.16. The van der Waals surface area contributed by atoms with Crippen LogP contribution in [-0.4, -0.2) is 180 Å². The molecular weight excluding hydrogens is 737 g/mol. The van der Waals surface area contributed by atoms with Crippen molar-refractivity contribution in [2.45, 2.75) is 30.2 Å². The van der Waals surface area contributed by atoms with Gasteiger partial charge in [0, 0.05) is 83.0 Å². The van der Waals surface area contributed by atoms with Crippen LogP contribution < -0.4 is 19.5 Å². The zero-order valence-corrected chi connectivity index (χ0v) is 32.2. The molecule has 0 saturated carbocycles. The summed E-state index contributed by atoms with van der Waals surface area (Å²) in [5, 5.41) is 31.9. The van der Waals surface area contributed by atoms with E-state index in [1.165, 1.54) is 11.8 Å². The molecule has 0 bridgehead atoms. The van der Waals surface area contributed by atoms with Gasteiger partial charge in [-0.1, -0.05) is 11.8 Å². The molecule has 0 spiro atoms. The first-order valence-corrected chi connectivity index (χ1v) is 19.1. The molecule has 4 rings (SSSR count). The Hall–Kier alpha value is -4.69. The summed E-state index contributed by atoms with van der Waals surface area (Å²) in [6.07, 6.45) is 4.07. The van der Waals surface area contributed by atoms with E-state index in [0.29, 0.717) is 82.8 Å². The van der Waals surface area contributed by atoms with Crippen LogP contribution in [0.25, 0.3) is 11.0 Å². The Bertz CT molecular complexity index is 1680. The quantitative estimate of drug-likeness (QED) is 0.0806. The van der Waals surface area contributed by atoms with Crippen molar-refractivity contribution in [2.75, 3.05) is 106 Å². The minimum atomic E-state index is -1.01. The predicted molar refractivity (Wildman–Crippen MR) is 204 cm³/mol. The van der Waals surface area contributed by atoms with Crippen molar-refractivity contribution < 1.29 is 48.7 Å². The highest BCUT2D eigenvalue weighted by Crippen LogP contribution is 2.33. The Kier molecular flexibility index (Phi) is 17.7. The van der Waals surface area contributed by atoms with Gasteiger partial charge in [0.15, 0.2) is 16.7 Å². The van der Waals surface area contributed by atoms with Crippen LogP contribution in [0.4, 0.5) is 0 Å². The summed E-state index contributed by atoms with van der Waals surface area (Å²) in [7, 11) is 3.18. The molecule has 55 heavy (non-hydrogen) atoms. The molecule has 19 heteroatoms. The molecule has 5 N–H and O–H groups in total. The van der Waals surface area contributed by atoms with Crippen molar-refractivity contribution in [2.24, 2.45) is 0 Å². The molecule has 0 unspecified atom stereocenters. The number of pyridine rings is 1. The molecule has 0 atom stereocenters. The monoisotopic (exact) mass is 788 g/mol. The maximum absolute atomic E-state index is 12.9. The van der Waals surface area contributed by atoms with Crippen molar-refractivity contribution in [3.05, 3.63) is 36.2 Å². The first-order valence-electron chi connectivity index (χ1n) is 18.2. The van der Waals surface area contributed by atoms with Crippen LogP contribution >= 0.6 is 11.8 Å². The van der Waals surface area contributed by atoms with Crippen LogP contribution in [-0.2, 0) is 24.9 Å². The number of fused-ring (bicyclic) bond motifs is 1. The fourth-order valence-corrected chi connectivity index (χ4v) is 6.90. The molecule has 2 aromatic heterocycles. The van der Waals surface area contributed by atoms with E-state index in [9.17, 15) is 34.5 Å². The summed E-state index contributed by atoms with van der Waals surface area (Å²) in [6, 6.07) is 7.47. The van der Waals surface area contributed by atoms with E-state index >= 15 is 0 Å². The number of carboxylic acids is 3. The van der Waals surface area contributed by atoms with Gasteiger partial charge in [0.2, 0.25) is 5.91 Å². The van der Waals surface area contributed by atoms with Gasteiger partial charge in [-0.05, 0) is 31.4 Å². The van der Waals surface area contributed by atoms with Crippen LogP contribution in [0, 0.1) is 0 Å². The third-order valence-electron chi connectivity index (χ3n) is 8.93. The normalized spacial score (nSPS) is 15.5. The highest BCUT2D eigenvalue weighted by atomic mass is 32.2. The number of rotatable bonds is 20. The second kappa shape index (κ2) is 22.6. The number of nitrogens with zero attached hydrogens (tertiary/aromatic N) is 6. The van der Waals surface area contributed by atoms with Gasteiger partial charge in [-0.15, -0.1) is 0 Å². The number of aromatic nitrogens is 3. The summed E-state index contributed by atoms with van der Waals surface area (Å²) in [5.41, 5.74) is 2.44. The fraction of sp³-hybridized carbons (Fsp3) is 0.556. The predicted octanol–water partition coefficient (Wildman–Crippen LogP) is 1.41. The highest BCUT2D eigenvalue weighted by molar-refractivity contribution is 7.98. The number of hydrogen-bond donors (Lipinski definition) is 5. The minimum Gasteiger partial charge on any atom is -0.494 e. The fourth-order valence-electron chi connectivity index (χ4n) is 6.08. The van der Waals surface area contributed by atoms with E-state index < -0.39 is 17.9 Å². The van der Waals surface area contributed by atoms with Gasteiger partial charge in [0.1, 0.15) is 5.75 Å². The van der Waals surface area contributed by atoms with Crippen LogP contribution in [0.5, 0.6) is 17.2 Å². The number of unbranched alkanes of at least 4 members (excludes halogenated alkanes) is 2. The van der Waals surface area contributed by atoms with E-state index in [1.54, 1.807) is 41.2 Å². The molecule has 1 amide bonds. The number of benzene rings is 1. The third kappa shape index (κ3) is 15.2. The number of amides is 1. The van der Waals surface area contributed by atoms with Crippen molar-refractivity contribution in [3.8, 4) is 17.2 Å². The van der Waals surface area contributed by atoms with Crippen molar-refractivity contribution in [1.29, 1.82) is 0 Å². The molecule has 1 aromatic carbocycles. The van der Waals surface area contributed by atoms with Crippen LogP contribution in [0.2, 0.25) is 0 Å². The number of imidazole rings is 1. The summed E-state index contributed by atoms with van der Waals surface area (Å²) in [5.74, 6) is -0.685. The van der Waals surface area contributed by atoms with Crippen LogP contribution in [0.3, 0.4) is 0 Å². The number of nitrogens with one attached hydrogen (secondary N) is 2. The zero-order chi connectivity index (χ0) is 39.6. The van der Waals surface area contributed by atoms with E-state index in [0.717, 1.165) is 46.9 Å². The maximum atomic E-state index is 12.9. The molecule has 3 aromatic rings. The molecule has 0 aliphatic carbocycles. The number of aliphatic carboxylic acids is 3. The van der Waals surface area contributed by atoms with Crippen LogP contribution in [0.15, 0.2) is 35.6 Å². The van der Waals surface area contributed by atoms with Gasteiger partial charge in [0.05, 0.1) is 63.7 Å². The number of ether oxygens (including phenoxy) is 3. The first-order chi connectivity index (χ1) is 26.5. The Morgan fingerprint density at radius 1 is 0.782 bits per heavy atom. The first kappa shape index (κ1) is 43.0. The third-order valence-corrected chi connectivity index (χ3v) is 9.81. The summed E-state index contributed by atoms with van der Waals surface area (Å²) in [4.78, 5) is 66.8. The Balaban J connectivity index is 1.19. The number of carboxylic acid groups (broad SMARTS) is 3. The number of thioether (sulfide) groups is 1. The molecule has 1 fully saturated rings. The smallest absolute Gasteiger partial charge is 0.317 e. The molecule has 1 aliphatic rings. The Morgan fingerprint density at radius 2 is 1.36 bits per heavy atom. The molecule has 3 heterocycles. The topological polar surface area (TPSA) is 223 Å². The molecule has 1 saturated heterocycles. The van der Waals surface area contributed by atoms with Crippen molar-refractivity contribution in [1.82, 2.24) is 39.9 Å². The molecule has 18 nitrogen and oxygen atoms in total. The van der Waals surface area contributed by atoms with Gasteiger partial charge in [-0.2, -0.15) is 0 Å². The number of aromatic amines is 1. The van der Waals surface area contributed by atoms with Gasteiger partial charge in [-0.25, -0.2) is 4.98 Å². The second-order valence-electron chi connectivity index (χ2n) is 13.0.